The second-order valence-corrected chi connectivity index (χ2v) is 14.2. The molecule has 3 aliphatic rings. The van der Waals surface area contributed by atoms with E-state index in [9.17, 15) is 4.79 Å². The molecular weight excluding hydrogens is 608 g/mol. The molecule has 0 saturated carbocycles. The molecule has 0 bridgehead atoms. The molecular formula is C40H50ClN2O4+. The molecule has 0 amide bonds. The summed E-state index contributed by atoms with van der Waals surface area (Å²) in [6, 6.07) is 8.58. The lowest BCUT2D eigenvalue weighted by Gasteiger charge is -2.26. The van der Waals surface area contributed by atoms with E-state index in [4.69, 9.17) is 25.8 Å². The van der Waals surface area contributed by atoms with Gasteiger partial charge in [-0.25, -0.2) is 0 Å². The minimum atomic E-state index is -0.307. The predicted molar refractivity (Wildman–Crippen MR) is 193 cm³/mol. The van der Waals surface area contributed by atoms with Crippen LogP contribution in [0.4, 0.5) is 11.4 Å². The van der Waals surface area contributed by atoms with Crippen LogP contribution in [0.25, 0.3) is 0 Å². The van der Waals surface area contributed by atoms with Crippen molar-refractivity contribution in [3.63, 3.8) is 0 Å². The number of rotatable bonds is 9. The summed E-state index contributed by atoms with van der Waals surface area (Å²) < 4.78 is 19.0. The number of methoxy groups -OCH3 is 1. The van der Waals surface area contributed by atoms with E-state index in [-0.39, 0.29) is 23.6 Å². The summed E-state index contributed by atoms with van der Waals surface area (Å²) in [5.41, 5.74) is 11.2. The smallest absolute Gasteiger partial charge is 0.308 e. The highest BCUT2D eigenvalue weighted by Crippen LogP contribution is 2.50. The zero-order valence-corrected chi connectivity index (χ0v) is 30.5. The molecule has 0 atom stereocenters. The quantitative estimate of drug-likeness (QED) is 0.116. The zero-order valence-electron chi connectivity index (χ0n) is 29.8. The lowest BCUT2D eigenvalue weighted by Crippen LogP contribution is -2.27. The molecule has 0 spiro atoms. The summed E-state index contributed by atoms with van der Waals surface area (Å²) in [4.78, 5) is 14.2. The van der Waals surface area contributed by atoms with Crippen LogP contribution in [0, 0.1) is 13.8 Å². The lowest BCUT2D eigenvalue weighted by molar-refractivity contribution is -0.433. The van der Waals surface area contributed by atoms with Gasteiger partial charge in [0.05, 0.1) is 5.41 Å². The van der Waals surface area contributed by atoms with Crippen LogP contribution < -0.4 is 14.4 Å². The van der Waals surface area contributed by atoms with Gasteiger partial charge in [-0.2, -0.15) is 4.58 Å². The van der Waals surface area contributed by atoms with Crippen LogP contribution in [0.1, 0.15) is 90.0 Å². The summed E-state index contributed by atoms with van der Waals surface area (Å²) in [7, 11) is 1.64. The van der Waals surface area contributed by atoms with Gasteiger partial charge in [-0.05, 0) is 113 Å². The topological polar surface area (TPSA) is 51.0 Å². The van der Waals surface area contributed by atoms with Crippen molar-refractivity contribution in [1.82, 2.24) is 0 Å². The van der Waals surface area contributed by atoms with Gasteiger partial charge in [-0.1, -0.05) is 37.6 Å². The number of hydrogen-bond acceptors (Lipinski definition) is 5. The fourth-order valence-electron chi connectivity index (χ4n) is 7.39. The standard InChI is InChI=1S/C40H50ClN2O4/c1-11-42-32-20-25(3)34(46-24-45-10)22-30(32)39(6,7)36(42)18-16-28-14-13-15-29(38(28)41)17-19-37-40(8,9)31-23-35(47-27(5)44)26(4)21-33(31)43(37)12-2/h16-23H,11-15,24H2,1-10H3/q+1. The number of halogens is 1. The minimum Gasteiger partial charge on any atom is -0.467 e. The number of ether oxygens (including phenoxy) is 3. The van der Waals surface area contributed by atoms with Crippen molar-refractivity contribution >= 4 is 34.7 Å². The fraction of sp³-hybridized carbons (Fsp3) is 0.450. The van der Waals surface area contributed by atoms with Crippen LogP contribution in [-0.4, -0.2) is 43.2 Å². The summed E-state index contributed by atoms with van der Waals surface area (Å²) >= 11 is 7.18. The van der Waals surface area contributed by atoms with E-state index in [1.807, 2.05) is 13.0 Å². The molecule has 0 N–H and O–H groups in total. The van der Waals surface area contributed by atoms with Gasteiger partial charge in [-0.15, -0.1) is 0 Å². The number of anilines is 1. The van der Waals surface area contributed by atoms with Crippen LogP contribution in [0.2, 0.25) is 0 Å². The van der Waals surface area contributed by atoms with E-state index in [2.05, 4.69) is 100 Å². The number of aryl methyl sites for hydroxylation is 2. The summed E-state index contributed by atoms with van der Waals surface area (Å²) in [6.07, 6.45) is 11.9. The number of fused-ring (bicyclic) bond motifs is 2. The monoisotopic (exact) mass is 657 g/mol. The van der Waals surface area contributed by atoms with E-state index in [0.29, 0.717) is 5.75 Å². The minimum absolute atomic E-state index is 0.203. The predicted octanol–water partition coefficient (Wildman–Crippen LogP) is 9.47. The largest absolute Gasteiger partial charge is 0.467 e. The molecule has 6 nitrogen and oxygen atoms in total. The first-order valence-electron chi connectivity index (χ1n) is 16.8. The Labute approximate surface area is 286 Å². The third-order valence-corrected chi connectivity index (χ3v) is 10.4. The van der Waals surface area contributed by atoms with Gasteiger partial charge in [0.2, 0.25) is 5.69 Å². The van der Waals surface area contributed by atoms with Gasteiger partial charge in [-0.3, -0.25) is 4.79 Å². The van der Waals surface area contributed by atoms with Crippen molar-refractivity contribution in [2.75, 3.05) is 31.9 Å². The average molecular weight is 658 g/mol. The number of hydrogen-bond donors (Lipinski definition) is 0. The van der Waals surface area contributed by atoms with Gasteiger partial charge >= 0.3 is 5.97 Å². The molecule has 0 unspecified atom stereocenters. The maximum absolute atomic E-state index is 11.8. The average Bonchev–Trinajstić information content (AvgIpc) is 3.35. The molecule has 250 valence electrons. The number of carbonyl (C=O) groups excluding carboxylic acids is 1. The molecule has 2 aliphatic heterocycles. The normalized spacial score (nSPS) is 20.1. The fourth-order valence-corrected chi connectivity index (χ4v) is 7.71. The van der Waals surface area contributed by atoms with Crippen molar-refractivity contribution in [3.05, 3.63) is 92.7 Å². The number of esters is 1. The van der Waals surface area contributed by atoms with Crippen molar-refractivity contribution in [3.8, 4) is 11.5 Å². The van der Waals surface area contributed by atoms with Gasteiger partial charge in [0.25, 0.3) is 0 Å². The van der Waals surface area contributed by atoms with E-state index >= 15 is 0 Å². The zero-order chi connectivity index (χ0) is 34.3. The number of likely N-dealkylation sites (N-methyl/N-ethyl adjacent to an activating group) is 1. The van der Waals surface area contributed by atoms with Crippen LogP contribution in [-0.2, 0) is 20.4 Å². The first-order chi connectivity index (χ1) is 22.3. The Morgan fingerprint density at radius 2 is 1.66 bits per heavy atom. The molecule has 0 aromatic heterocycles. The molecule has 5 rings (SSSR count). The number of allylic oxidation sites excluding steroid dienone is 8. The van der Waals surface area contributed by atoms with E-state index in [1.54, 1.807) is 7.11 Å². The summed E-state index contributed by atoms with van der Waals surface area (Å²) in [5, 5.41) is 0.844. The second-order valence-electron chi connectivity index (χ2n) is 13.8. The first kappa shape index (κ1) is 34.7. The lowest BCUT2D eigenvalue weighted by atomic mass is 9.80. The maximum atomic E-state index is 11.8. The van der Waals surface area contributed by atoms with Crippen molar-refractivity contribution in [2.45, 2.75) is 92.4 Å². The van der Waals surface area contributed by atoms with Crippen molar-refractivity contribution in [1.29, 1.82) is 0 Å². The highest BCUT2D eigenvalue weighted by molar-refractivity contribution is 6.32. The first-order valence-corrected chi connectivity index (χ1v) is 17.1. The summed E-state index contributed by atoms with van der Waals surface area (Å²) in [6.45, 7) is 20.9. The molecule has 0 saturated heterocycles. The van der Waals surface area contributed by atoms with Crippen LogP contribution in [0.15, 0.2) is 70.4 Å². The third-order valence-electron chi connectivity index (χ3n) is 9.94. The molecule has 1 aliphatic carbocycles. The van der Waals surface area contributed by atoms with E-state index < -0.39 is 0 Å². The summed E-state index contributed by atoms with van der Waals surface area (Å²) in [5.74, 6) is 1.17. The van der Waals surface area contributed by atoms with Crippen molar-refractivity contribution < 1.29 is 23.6 Å². The Morgan fingerprint density at radius 1 is 0.957 bits per heavy atom. The SMILES string of the molecule is CCN1/C(=C\C=C2/CCCC(/C=C/C3=[N+](CC)c4cc(C)c(OC(C)=O)cc4C3(C)C)=C2Cl)C(C)(C)c2cc(OCOC)c(C)cc21. The van der Waals surface area contributed by atoms with E-state index in [1.165, 1.54) is 35.2 Å². The number of nitrogens with zero attached hydrogens (tertiary/aromatic N) is 2. The molecule has 7 heteroatoms. The van der Waals surface area contributed by atoms with Gasteiger partial charge in [0.15, 0.2) is 12.5 Å². The Hall–Kier alpha value is -3.61. The molecule has 2 aromatic rings. The Balaban J connectivity index is 1.47. The van der Waals surface area contributed by atoms with Crippen molar-refractivity contribution in [2.24, 2.45) is 0 Å². The Morgan fingerprint density at radius 3 is 2.32 bits per heavy atom. The van der Waals surface area contributed by atoms with Gasteiger partial charge < -0.3 is 19.1 Å². The third kappa shape index (κ3) is 6.35. The molecule has 47 heavy (non-hydrogen) atoms. The Kier molecular flexibility index (Phi) is 9.96. The van der Waals surface area contributed by atoms with Gasteiger partial charge in [0.1, 0.15) is 18.0 Å². The highest BCUT2D eigenvalue weighted by atomic mass is 35.5. The maximum Gasteiger partial charge on any atom is 0.308 e. The second kappa shape index (κ2) is 13.5. The highest BCUT2D eigenvalue weighted by Gasteiger charge is 2.45. The molecule has 0 fully saturated rings. The van der Waals surface area contributed by atoms with E-state index in [0.717, 1.165) is 71.1 Å². The molecule has 2 heterocycles. The van der Waals surface area contributed by atoms with Crippen LogP contribution >= 0.6 is 11.6 Å². The number of carbonyl (C=O) groups is 1. The Bertz CT molecular complexity index is 1760. The molecule has 2 aromatic carbocycles. The van der Waals surface area contributed by atoms with Crippen LogP contribution in [0.5, 0.6) is 11.5 Å². The van der Waals surface area contributed by atoms with Crippen LogP contribution in [0.3, 0.4) is 0 Å². The van der Waals surface area contributed by atoms with Gasteiger partial charge in [0, 0.05) is 60.1 Å². The molecule has 0 radical (unpaired) electrons. The number of benzene rings is 2.